The van der Waals surface area contributed by atoms with Gasteiger partial charge in [-0.05, 0) is 106 Å². The molecule has 1 unspecified atom stereocenters. The topological polar surface area (TPSA) is 169 Å². The lowest BCUT2D eigenvalue weighted by atomic mass is 9.85. The Bertz CT molecular complexity index is 2380. The molecule has 7 heterocycles. The second-order valence-corrected chi connectivity index (χ2v) is 17.5. The number of aromatic nitrogens is 4. The number of rotatable bonds is 11. The van der Waals surface area contributed by atoms with E-state index < -0.39 is 17.8 Å². The zero-order chi connectivity index (χ0) is 43.1. The van der Waals surface area contributed by atoms with Crippen LogP contribution in [0.25, 0.3) is 11.0 Å². The normalized spacial score (nSPS) is 20.3. The number of imide groups is 1. The third-order valence-corrected chi connectivity index (χ3v) is 13.4. The molecule has 4 fully saturated rings. The Labute approximate surface area is 359 Å². The molecule has 3 aromatic heterocycles. The predicted octanol–water partition coefficient (Wildman–Crippen LogP) is 4.60. The Balaban J connectivity index is 0.728. The lowest BCUT2D eigenvalue weighted by Crippen LogP contribution is -2.52. The van der Waals surface area contributed by atoms with E-state index in [1.165, 1.54) is 11.0 Å². The summed E-state index contributed by atoms with van der Waals surface area (Å²) < 4.78 is 17.0. The average Bonchev–Trinajstić information content (AvgIpc) is 4.02. The summed E-state index contributed by atoms with van der Waals surface area (Å²) >= 11 is 0. The Morgan fingerprint density at radius 2 is 1.69 bits per heavy atom. The zero-order valence-corrected chi connectivity index (χ0v) is 35.4. The van der Waals surface area contributed by atoms with E-state index in [9.17, 15) is 28.4 Å². The van der Waals surface area contributed by atoms with Crippen molar-refractivity contribution in [1.29, 1.82) is 0 Å². The fourth-order valence-electron chi connectivity index (χ4n) is 10.1. The van der Waals surface area contributed by atoms with Crippen LogP contribution in [0.2, 0.25) is 0 Å². The number of halogens is 1. The molecule has 62 heavy (non-hydrogen) atoms. The van der Waals surface area contributed by atoms with E-state index in [1.807, 2.05) is 29.3 Å². The van der Waals surface area contributed by atoms with Gasteiger partial charge in [-0.2, -0.15) is 4.98 Å². The van der Waals surface area contributed by atoms with Crippen LogP contribution in [0.1, 0.15) is 108 Å². The monoisotopic (exact) mass is 847 g/mol. The Morgan fingerprint density at radius 3 is 2.40 bits per heavy atom. The van der Waals surface area contributed by atoms with E-state index in [-0.39, 0.29) is 55.0 Å². The molecule has 4 aromatic rings. The van der Waals surface area contributed by atoms with Crippen molar-refractivity contribution in [3.8, 4) is 0 Å². The van der Waals surface area contributed by atoms with Gasteiger partial charge in [0.2, 0.25) is 23.7 Å². The number of anilines is 3. The standard InChI is InChI=1S/C45H54FN11O5/c1-52(2)44(62)37-22-29-25-48-45(51-41(29)57(37)31-6-3-4-7-31)49-38-11-9-32(26-47-38)54-18-20-55(21-19-54)40(59)8-5-15-53-16-13-28(14-17-53)33-23-30(46)24-34-35(33)27-56(43(34)61)36-10-12-39(58)50-42(36)60/h9,11,22-26,28,31,36H,3-8,10,12-21,27H2,1-2H3,(H,50,58,60)(H,47,48,49,51). The molecule has 16 nitrogen and oxygen atoms in total. The van der Waals surface area contributed by atoms with Crippen molar-refractivity contribution in [2.24, 2.45) is 0 Å². The van der Waals surface area contributed by atoms with Crippen molar-refractivity contribution in [2.75, 3.05) is 70.1 Å². The molecular weight excluding hydrogens is 794 g/mol. The largest absolute Gasteiger partial charge is 0.367 e. The molecular formula is C45H54FN11O5. The van der Waals surface area contributed by atoms with E-state index in [0.717, 1.165) is 92.4 Å². The van der Waals surface area contributed by atoms with Gasteiger partial charge in [-0.3, -0.25) is 29.3 Å². The number of hydrogen-bond donors (Lipinski definition) is 2. The molecule has 326 valence electrons. The van der Waals surface area contributed by atoms with Crippen LogP contribution in [0.15, 0.2) is 42.7 Å². The maximum Gasteiger partial charge on any atom is 0.270 e. The Morgan fingerprint density at radius 1 is 0.919 bits per heavy atom. The van der Waals surface area contributed by atoms with E-state index in [4.69, 9.17) is 4.98 Å². The number of nitrogens with zero attached hydrogens (tertiary/aromatic N) is 9. The third kappa shape index (κ3) is 8.33. The molecule has 0 bridgehead atoms. The molecule has 0 spiro atoms. The number of piperazine rings is 1. The SMILES string of the molecule is CN(C)C(=O)c1cc2cnc(Nc3ccc(N4CCN(C(=O)CCCN5CCC(c6cc(F)cc7c6CN(C6CCC(=O)NC6=O)C7=O)CC5)CC4)cn3)nc2n1C1CCCC1. The lowest BCUT2D eigenvalue weighted by molar-refractivity contribution is -0.137. The number of carbonyl (C=O) groups excluding carboxylic acids is 5. The van der Waals surface area contributed by atoms with Gasteiger partial charge in [-0.15, -0.1) is 0 Å². The summed E-state index contributed by atoms with van der Waals surface area (Å²) in [6, 6.07) is 8.12. The van der Waals surface area contributed by atoms with Gasteiger partial charge in [-0.1, -0.05) is 12.8 Å². The highest BCUT2D eigenvalue weighted by Gasteiger charge is 2.41. The first-order chi connectivity index (χ1) is 30.0. The van der Waals surface area contributed by atoms with Crippen molar-refractivity contribution in [3.05, 3.63) is 70.9 Å². The summed E-state index contributed by atoms with van der Waals surface area (Å²) in [4.78, 5) is 87.5. The van der Waals surface area contributed by atoms with Crippen LogP contribution in [-0.2, 0) is 20.9 Å². The molecule has 3 saturated heterocycles. The Hall–Kier alpha value is -5.97. The van der Waals surface area contributed by atoms with E-state index in [0.29, 0.717) is 55.6 Å². The molecule has 5 amide bonds. The number of carbonyl (C=O) groups is 5. The summed E-state index contributed by atoms with van der Waals surface area (Å²) in [6.07, 6.45) is 11.2. The minimum atomic E-state index is -0.737. The summed E-state index contributed by atoms with van der Waals surface area (Å²) in [5.41, 5.74) is 4.30. The van der Waals surface area contributed by atoms with Crippen LogP contribution >= 0.6 is 0 Å². The molecule has 1 aromatic carbocycles. The summed E-state index contributed by atoms with van der Waals surface area (Å²) in [5, 5.41) is 6.41. The third-order valence-electron chi connectivity index (χ3n) is 13.4. The van der Waals surface area contributed by atoms with Crippen molar-refractivity contribution in [2.45, 2.75) is 88.8 Å². The maximum absolute atomic E-state index is 14.9. The summed E-state index contributed by atoms with van der Waals surface area (Å²) in [7, 11) is 3.53. The minimum Gasteiger partial charge on any atom is -0.367 e. The average molecular weight is 848 g/mol. The predicted molar refractivity (Wildman–Crippen MR) is 229 cm³/mol. The van der Waals surface area contributed by atoms with Crippen LogP contribution in [0.5, 0.6) is 0 Å². The van der Waals surface area contributed by atoms with Crippen LogP contribution in [0.4, 0.5) is 21.8 Å². The number of piperidine rings is 2. The first kappa shape index (κ1) is 41.4. The van der Waals surface area contributed by atoms with Crippen LogP contribution in [-0.4, -0.2) is 135 Å². The first-order valence-corrected chi connectivity index (χ1v) is 22.1. The molecule has 1 atom stereocenters. The highest BCUT2D eigenvalue weighted by Crippen LogP contribution is 2.38. The van der Waals surface area contributed by atoms with Gasteiger partial charge in [0.15, 0.2) is 0 Å². The van der Waals surface area contributed by atoms with E-state index in [1.54, 1.807) is 31.3 Å². The quantitative estimate of drug-likeness (QED) is 0.203. The number of hydrogen-bond acceptors (Lipinski definition) is 11. The van der Waals surface area contributed by atoms with Crippen molar-refractivity contribution < 1.29 is 28.4 Å². The maximum atomic E-state index is 14.9. The minimum absolute atomic E-state index is 0.0464. The lowest BCUT2D eigenvalue weighted by Gasteiger charge is -2.36. The molecule has 4 aliphatic heterocycles. The van der Waals surface area contributed by atoms with Crippen molar-refractivity contribution in [1.82, 2.24) is 44.4 Å². The highest BCUT2D eigenvalue weighted by atomic mass is 19.1. The first-order valence-electron chi connectivity index (χ1n) is 22.1. The number of amides is 5. The van der Waals surface area contributed by atoms with Gasteiger partial charge in [0, 0.05) is 82.8 Å². The number of likely N-dealkylation sites (tertiary alicyclic amines) is 1. The molecule has 0 radical (unpaired) electrons. The van der Waals surface area contributed by atoms with Crippen molar-refractivity contribution in [3.63, 3.8) is 0 Å². The molecule has 1 saturated carbocycles. The smallest absolute Gasteiger partial charge is 0.270 e. The molecule has 5 aliphatic rings. The summed E-state index contributed by atoms with van der Waals surface area (Å²) in [6.45, 7) is 5.36. The molecule has 2 N–H and O–H groups in total. The van der Waals surface area contributed by atoms with E-state index in [2.05, 4.69) is 35.0 Å². The number of pyridine rings is 1. The zero-order valence-electron chi connectivity index (χ0n) is 35.4. The number of fused-ring (bicyclic) bond motifs is 2. The van der Waals surface area contributed by atoms with Crippen LogP contribution in [0.3, 0.4) is 0 Å². The van der Waals surface area contributed by atoms with Gasteiger partial charge in [0.1, 0.15) is 29.0 Å². The van der Waals surface area contributed by atoms with Gasteiger partial charge >= 0.3 is 0 Å². The fourth-order valence-corrected chi connectivity index (χ4v) is 10.1. The van der Waals surface area contributed by atoms with Crippen LogP contribution in [0, 0.1) is 5.82 Å². The van der Waals surface area contributed by atoms with Crippen molar-refractivity contribution >= 4 is 58.0 Å². The van der Waals surface area contributed by atoms with Crippen LogP contribution < -0.4 is 15.5 Å². The molecule has 1 aliphatic carbocycles. The molecule has 17 heteroatoms. The van der Waals surface area contributed by atoms with Gasteiger partial charge in [0.05, 0.1) is 11.9 Å². The second-order valence-electron chi connectivity index (χ2n) is 17.5. The molecule has 9 rings (SSSR count). The number of benzene rings is 1. The fraction of sp³-hybridized carbons (Fsp3) is 0.511. The van der Waals surface area contributed by atoms with Gasteiger partial charge in [0.25, 0.3) is 11.8 Å². The Kier molecular flexibility index (Phi) is 11.6. The van der Waals surface area contributed by atoms with Gasteiger partial charge in [-0.25, -0.2) is 14.4 Å². The highest BCUT2D eigenvalue weighted by molar-refractivity contribution is 6.05. The summed E-state index contributed by atoms with van der Waals surface area (Å²) in [5.74, 6) is -0.402. The second kappa shape index (κ2) is 17.4. The van der Waals surface area contributed by atoms with E-state index >= 15 is 0 Å². The van der Waals surface area contributed by atoms with Gasteiger partial charge < -0.3 is 34.4 Å². The number of nitrogens with one attached hydrogen (secondary N) is 2.